The van der Waals surface area contributed by atoms with Crippen LogP contribution in [0, 0.1) is 3.57 Å². The number of rotatable bonds is 3. The zero-order valence-corrected chi connectivity index (χ0v) is 10.4. The molecule has 0 unspecified atom stereocenters. The maximum atomic E-state index is 5.73. The van der Waals surface area contributed by atoms with E-state index in [0.717, 1.165) is 5.69 Å². The molecule has 0 atom stereocenters. The first-order chi connectivity index (χ1) is 6.24. The van der Waals surface area contributed by atoms with Crippen LogP contribution in [0.1, 0.15) is 0 Å². The smallest absolute Gasteiger partial charge is 0.0517 e. The molecule has 13 heavy (non-hydrogen) atoms. The van der Waals surface area contributed by atoms with Gasteiger partial charge in [-0.3, -0.25) is 0 Å². The normalized spacial score (nSPS) is 11.5. The van der Waals surface area contributed by atoms with E-state index in [4.69, 9.17) is 23.2 Å². The van der Waals surface area contributed by atoms with E-state index in [1.807, 2.05) is 24.3 Å². The summed E-state index contributed by atoms with van der Waals surface area (Å²) in [7, 11) is 0. The van der Waals surface area contributed by atoms with Crippen molar-refractivity contribution in [1.29, 1.82) is 0 Å². The van der Waals surface area contributed by atoms with Crippen molar-refractivity contribution < 1.29 is 0 Å². The van der Waals surface area contributed by atoms with Gasteiger partial charge >= 0.3 is 0 Å². The molecular weight excluding hydrogens is 320 g/mol. The first-order valence-corrected chi connectivity index (χ1v) is 5.56. The summed E-state index contributed by atoms with van der Waals surface area (Å²) >= 11 is 13.4. The highest BCUT2D eigenvalue weighted by Gasteiger charge is 1.97. The van der Waals surface area contributed by atoms with Gasteiger partial charge in [-0.1, -0.05) is 35.3 Å². The molecule has 1 aromatic rings. The van der Waals surface area contributed by atoms with E-state index >= 15 is 0 Å². The largest absolute Gasteiger partial charge is 0.379 e. The molecule has 1 aromatic carbocycles. The topological polar surface area (TPSA) is 12.0 Å². The van der Waals surface area contributed by atoms with Gasteiger partial charge in [0.2, 0.25) is 0 Å². The molecule has 0 radical (unpaired) electrons. The molecule has 70 valence electrons. The zero-order valence-electron chi connectivity index (χ0n) is 6.73. The molecule has 1 rings (SSSR count). The molecule has 0 aliphatic carbocycles. The number of benzene rings is 1. The van der Waals surface area contributed by atoms with Gasteiger partial charge in [0.25, 0.3) is 0 Å². The minimum Gasteiger partial charge on any atom is -0.379 e. The summed E-state index contributed by atoms with van der Waals surface area (Å²) in [5, 5.41) is 3.77. The molecule has 0 aliphatic heterocycles. The summed E-state index contributed by atoms with van der Waals surface area (Å²) in [6.07, 6.45) is 0. The van der Waals surface area contributed by atoms with Crippen molar-refractivity contribution in [2.75, 3.05) is 11.9 Å². The number of halogens is 3. The Morgan fingerprint density at radius 3 is 2.77 bits per heavy atom. The Bertz CT molecular complexity index is 312. The predicted molar refractivity (Wildman–Crippen MR) is 67.4 cm³/mol. The Morgan fingerprint density at radius 1 is 1.46 bits per heavy atom. The van der Waals surface area contributed by atoms with Crippen molar-refractivity contribution in [3.8, 4) is 0 Å². The van der Waals surface area contributed by atoms with Crippen molar-refractivity contribution in [2.45, 2.75) is 0 Å². The second-order valence-corrected chi connectivity index (χ2v) is 4.26. The second-order valence-electron chi connectivity index (χ2n) is 2.39. The number of para-hydroxylation sites is 1. The number of hydrogen-bond donors (Lipinski definition) is 1. The average Bonchev–Trinajstić information content (AvgIpc) is 2.16. The van der Waals surface area contributed by atoms with Crippen LogP contribution in [-0.4, -0.2) is 6.54 Å². The van der Waals surface area contributed by atoms with Gasteiger partial charge in [0, 0.05) is 19.8 Å². The molecule has 0 aliphatic rings. The van der Waals surface area contributed by atoms with E-state index in [2.05, 4.69) is 27.9 Å². The molecule has 0 saturated carbocycles. The van der Waals surface area contributed by atoms with E-state index < -0.39 is 0 Å². The molecule has 0 saturated heterocycles. The van der Waals surface area contributed by atoms with E-state index in [1.165, 1.54) is 9.11 Å². The van der Waals surface area contributed by atoms with Gasteiger partial charge in [0.15, 0.2) is 0 Å². The lowest BCUT2D eigenvalue weighted by Crippen LogP contribution is -2.02. The molecule has 0 heterocycles. The van der Waals surface area contributed by atoms with Gasteiger partial charge in [-0.15, -0.1) is 0 Å². The van der Waals surface area contributed by atoms with Crippen molar-refractivity contribution in [3.05, 3.63) is 38.4 Å². The van der Waals surface area contributed by atoms with Crippen LogP contribution in [0.5, 0.6) is 0 Å². The average molecular weight is 328 g/mol. The molecule has 0 bridgehead atoms. The third-order valence-corrected chi connectivity index (χ3v) is 3.00. The Kier molecular flexibility index (Phi) is 4.91. The Morgan fingerprint density at radius 2 is 2.15 bits per heavy atom. The summed E-state index contributed by atoms with van der Waals surface area (Å²) < 4.78 is 1.17. The third kappa shape index (κ3) is 3.75. The van der Waals surface area contributed by atoms with Crippen molar-refractivity contribution in [3.63, 3.8) is 0 Å². The summed E-state index contributed by atoms with van der Waals surface area (Å²) in [6, 6.07) is 8.00. The Labute approximate surface area is 101 Å². The lowest BCUT2D eigenvalue weighted by Gasteiger charge is -2.06. The summed E-state index contributed by atoms with van der Waals surface area (Å²) in [5.74, 6) is 0. The molecule has 0 fully saturated rings. The molecule has 0 amide bonds. The van der Waals surface area contributed by atoms with E-state index in [9.17, 15) is 0 Å². The zero-order chi connectivity index (χ0) is 9.68. The monoisotopic (exact) mass is 327 g/mol. The van der Waals surface area contributed by atoms with Crippen molar-refractivity contribution in [2.24, 2.45) is 0 Å². The van der Waals surface area contributed by atoms with Gasteiger partial charge < -0.3 is 5.32 Å². The minimum absolute atomic E-state index is 0.561. The number of hydrogen-bond acceptors (Lipinski definition) is 1. The number of anilines is 1. The van der Waals surface area contributed by atoms with Gasteiger partial charge in [0.1, 0.15) is 0 Å². The second kappa shape index (κ2) is 5.73. The highest BCUT2D eigenvalue weighted by atomic mass is 127. The van der Waals surface area contributed by atoms with Crippen molar-refractivity contribution in [1.82, 2.24) is 0 Å². The van der Waals surface area contributed by atoms with E-state index in [-0.39, 0.29) is 0 Å². The van der Waals surface area contributed by atoms with E-state index in [1.54, 1.807) is 0 Å². The maximum Gasteiger partial charge on any atom is 0.0517 e. The fourth-order valence-corrected chi connectivity index (χ4v) is 1.54. The van der Waals surface area contributed by atoms with Crippen molar-refractivity contribution >= 4 is 51.5 Å². The standard InChI is InChI=1S/C9H8Cl2IN/c10-5-7(11)6-13-9-4-2-1-3-8(9)12/h1-5,13H,6H2. The Hall–Kier alpha value is 0.0700. The summed E-state index contributed by atoms with van der Waals surface area (Å²) in [5.41, 5.74) is 2.43. The molecule has 0 aromatic heterocycles. The highest BCUT2D eigenvalue weighted by molar-refractivity contribution is 14.1. The first-order valence-electron chi connectivity index (χ1n) is 3.67. The summed E-state index contributed by atoms with van der Waals surface area (Å²) in [4.78, 5) is 0. The summed E-state index contributed by atoms with van der Waals surface area (Å²) in [6.45, 7) is 0.561. The van der Waals surface area contributed by atoms with Gasteiger partial charge in [-0.2, -0.15) is 0 Å². The number of nitrogens with one attached hydrogen (secondary N) is 1. The maximum absolute atomic E-state index is 5.73. The molecule has 1 nitrogen and oxygen atoms in total. The van der Waals surface area contributed by atoms with Crippen LogP contribution < -0.4 is 5.32 Å². The lowest BCUT2D eigenvalue weighted by atomic mass is 10.3. The van der Waals surface area contributed by atoms with Crippen LogP contribution in [0.25, 0.3) is 0 Å². The van der Waals surface area contributed by atoms with Gasteiger partial charge in [-0.25, -0.2) is 0 Å². The predicted octanol–water partition coefficient (Wildman–Crippen LogP) is 4.02. The fraction of sp³-hybridized carbons (Fsp3) is 0.111. The van der Waals surface area contributed by atoms with E-state index in [0.29, 0.717) is 11.6 Å². The minimum atomic E-state index is 0.561. The molecule has 4 heteroatoms. The van der Waals surface area contributed by atoms with Gasteiger partial charge in [0.05, 0.1) is 6.54 Å². The highest BCUT2D eigenvalue weighted by Crippen LogP contribution is 2.17. The first kappa shape index (κ1) is 11.1. The fourth-order valence-electron chi connectivity index (χ4n) is 0.823. The molecule has 1 N–H and O–H groups in total. The van der Waals surface area contributed by atoms with Gasteiger partial charge in [-0.05, 0) is 34.7 Å². The lowest BCUT2D eigenvalue weighted by molar-refractivity contribution is 1.30. The van der Waals surface area contributed by atoms with Crippen LogP contribution in [0.4, 0.5) is 5.69 Å². The molecule has 0 spiro atoms. The molecular formula is C9H8Cl2IN. The van der Waals surface area contributed by atoms with Crippen LogP contribution in [0.15, 0.2) is 34.8 Å². The van der Waals surface area contributed by atoms with Crippen LogP contribution >= 0.6 is 45.8 Å². The van der Waals surface area contributed by atoms with Crippen LogP contribution in [0.2, 0.25) is 0 Å². The Balaban J connectivity index is 2.60. The van der Waals surface area contributed by atoms with Crippen LogP contribution in [0.3, 0.4) is 0 Å². The SMILES string of the molecule is ClC=C(Cl)CNc1ccccc1I. The third-order valence-electron chi connectivity index (χ3n) is 1.44. The quantitative estimate of drug-likeness (QED) is 0.827. The van der Waals surface area contributed by atoms with Crippen LogP contribution in [-0.2, 0) is 0 Å².